The van der Waals surface area contributed by atoms with E-state index in [-0.39, 0.29) is 12.0 Å². The summed E-state index contributed by atoms with van der Waals surface area (Å²) in [4.78, 5) is 12.8. The Labute approximate surface area is 162 Å². The third-order valence-electron chi connectivity index (χ3n) is 4.28. The van der Waals surface area contributed by atoms with E-state index in [1.54, 1.807) is 6.07 Å². The van der Waals surface area contributed by atoms with Crippen LogP contribution in [0.2, 0.25) is 0 Å². The summed E-state index contributed by atoms with van der Waals surface area (Å²) < 4.78 is 22.8. The van der Waals surface area contributed by atoms with E-state index in [9.17, 15) is 4.79 Å². The number of unbranched alkanes of at least 4 members (excludes halogenated alkanes) is 2. The van der Waals surface area contributed by atoms with Crippen LogP contribution in [0, 0.1) is 0 Å². The molecule has 0 spiro atoms. The molecule has 0 saturated carbocycles. The molecular formula is C21H33NO5. The molecule has 2 rings (SSSR count). The molecule has 0 bridgehead atoms. The summed E-state index contributed by atoms with van der Waals surface area (Å²) in [5.74, 6) is 0.457. The fraction of sp³-hybridized carbons (Fsp3) is 0.667. The van der Waals surface area contributed by atoms with Crippen molar-refractivity contribution in [2.75, 3.05) is 26.4 Å². The Hall–Kier alpha value is -1.79. The quantitative estimate of drug-likeness (QED) is 0.590. The molecule has 1 aromatic carbocycles. The van der Waals surface area contributed by atoms with E-state index in [2.05, 4.69) is 19.2 Å². The Balaban J connectivity index is 2.02. The van der Waals surface area contributed by atoms with Crippen molar-refractivity contribution in [3.8, 4) is 11.5 Å². The highest BCUT2D eigenvalue weighted by Crippen LogP contribution is 2.26. The number of nitrogens with one attached hydrogen (secondary N) is 1. The van der Waals surface area contributed by atoms with Crippen LogP contribution in [0.4, 0.5) is 0 Å². The summed E-state index contributed by atoms with van der Waals surface area (Å²) in [6.07, 6.45) is 3.86. The average Bonchev–Trinajstić information content (AvgIpc) is 3.00. The minimum absolute atomic E-state index is 0.155. The van der Waals surface area contributed by atoms with Crippen LogP contribution in [0.5, 0.6) is 11.5 Å². The molecule has 1 N–H and O–H groups in total. The van der Waals surface area contributed by atoms with Crippen LogP contribution >= 0.6 is 0 Å². The van der Waals surface area contributed by atoms with E-state index >= 15 is 0 Å². The van der Waals surface area contributed by atoms with Gasteiger partial charge in [0.05, 0.1) is 25.4 Å². The molecule has 27 heavy (non-hydrogen) atoms. The zero-order valence-electron chi connectivity index (χ0n) is 17.0. The molecule has 1 aliphatic heterocycles. The van der Waals surface area contributed by atoms with E-state index in [1.165, 1.54) is 0 Å². The summed E-state index contributed by atoms with van der Waals surface area (Å²) in [7, 11) is 0. The summed E-state index contributed by atoms with van der Waals surface area (Å²) in [5, 5.41) is 2.92. The summed E-state index contributed by atoms with van der Waals surface area (Å²) in [6, 6.07) is 5.41. The average molecular weight is 379 g/mol. The number of hydrogen-bond donors (Lipinski definition) is 1. The van der Waals surface area contributed by atoms with Gasteiger partial charge in [-0.25, -0.2) is 0 Å². The SMILES string of the molecule is CCCCOc1ccc(OCCCC)c(C(=O)NCC2COC(C)(C)O2)c1. The fourth-order valence-electron chi connectivity index (χ4n) is 2.73. The Morgan fingerprint density at radius 3 is 2.52 bits per heavy atom. The van der Waals surface area contributed by atoms with Gasteiger partial charge in [0.15, 0.2) is 5.79 Å². The smallest absolute Gasteiger partial charge is 0.255 e. The predicted octanol–water partition coefficient (Wildman–Crippen LogP) is 3.93. The highest BCUT2D eigenvalue weighted by Gasteiger charge is 2.32. The molecule has 6 nitrogen and oxygen atoms in total. The molecule has 1 saturated heterocycles. The van der Waals surface area contributed by atoms with Crippen LogP contribution < -0.4 is 14.8 Å². The third-order valence-corrected chi connectivity index (χ3v) is 4.28. The maximum Gasteiger partial charge on any atom is 0.255 e. The molecule has 1 fully saturated rings. The zero-order valence-corrected chi connectivity index (χ0v) is 17.0. The van der Waals surface area contributed by atoms with E-state index in [4.69, 9.17) is 18.9 Å². The van der Waals surface area contributed by atoms with Crippen LogP contribution in [0.3, 0.4) is 0 Å². The largest absolute Gasteiger partial charge is 0.494 e. The minimum Gasteiger partial charge on any atom is -0.494 e. The number of carbonyl (C=O) groups is 1. The van der Waals surface area contributed by atoms with Crippen LogP contribution in [0.1, 0.15) is 63.7 Å². The van der Waals surface area contributed by atoms with Gasteiger partial charge in [0.2, 0.25) is 0 Å². The van der Waals surface area contributed by atoms with Gasteiger partial charge in [-0.15, -0.1) is 0 Å². The van der Waals surface area contributed by atoms with E-state index < -0.39 is 5.79 Å². The Morgan fingerprint density at radius 1 is 1.19 bits per heavy atom. The molecule has 152 valence electrons. The van der Waals surface area contributed by atoms with Crippen molar-refractivity contribution >= 4 is 5.91 Å². The van der Waals surface area contributed by atoms with Crippen molar-refractivity contribution in [3.63, 3.8) is 0 Å². The van der Waals surface area contributed by atoms with Crippen molar-refractivity contribution in [2.45, 2.75) is 65.3 Å². The zero-order chi connectivity index (χ0) is 19.7. The van der Waals surface area contributed by atoms with Gasteiger partial charge in [0.1, 0.15) is 17.6 Å². The number of ether oxygens (including phenoxy) is 4. The number of hydrogen-bond acceptors (Lipinski definition) is 5. The number of rotatable bonds is 11. The van der Waals surface area contributed by atoms with Gasteiger partial charge in [-0.1, -0.05) is 26.7 Å². The van der Waals surface area contributed by atoms with Gasteiger partial charge < -0.3 is 24.3 Å². The molecular weight excluding hydrogens is 346 g/mol. The van der Waals surface area contributed by atoms with Gasteiger partial charge in [0, 0.05) is 6.54 Å². The molecule has 1 unspecified atom stereocenters. The van der Waals surface area contributed by atoms with E-state index in [0.29, 0.717) is 43.4 Å². The molecule has 1 heterocycles. The van der Waals surface area contributed by atoms with E-state index in [1.807, 2.05) is 26.0 Å². The number of benzene rings is 1. The first-order valence-electron chi connectivity index (χ1n) is 9.94. The van der Waals surface area contributed by atoms with Crippen molar-refractivity contribution < 1.29 is 23.7 Å². The predicted molar refractivity (Wildman–Crippen MR) is 104 cm³/mol. The Bertz CT molecular complexity index is 602. The molecule has 0 radical (unpaired) electrons. The van der Waals surface area contributed by atoms with Gasteiger partial charge >= 0.3 is 0 Å². The van der Waals surface area contributed by atoms with Crippen molar-refractivity contribution in [2.24, 2.45) is 0 Å². The van der Waals surface area contributed by atoms with E-state index in [0.717, 1.165) is 25.7 Å². The Kier molecular flexibility index (Phi) is 8.38. The van der Waals surface area contributed by atoms with Gasteiger partial charge in [0.25, 0.3) is 5.91 Å². The Morgan fingerprint density at radius 2 is 1.89 bits per heavy atom. The lowest BCUT2D eigenvalue weighted by molar-refractivity contribution is -0.137. The maximum absolute atomic E-state index is 12.8. The highest BCUT2D eigenvalue weighted by atomic mass is 16.7. The third kappa shape index (κ3) is 7.03. The summed E-state index contributed by atoms with van der Waals surface area (Å²) in [5.41, 5.74) is 0.485. The maximum atomic E-state index is 12.8. The van der Waals surface area contributed by atoms with Crippen LogP contribution in [-0.4, -0.2) is 44.2 Å². The van der Waals surface area contributed by atoms with Crippen LogP contribution in [-0.2, 0) is 9.47 Å². The minimum atomic E-state index is -0.600. The second kappa shape index (κ2) is 10.5. The van der Waals surface area contributed by atoms with Crippen LogP contribution in [0.25, 0.3) is 0 Å². The van der Waals surface area contributed by atoms with Crippen molar-refractivity contribution in [3.05, 3.63) is 23.8 Å². The molecule has 0 aliphatic carbocycles. The molecule has 1 aliphatic rings. The second-order valence-electron chi connectivity index (χ2n) is 7.22. The second-order valence-corrected chi connectivity index (χ2v) is 7.22. The fourth-order valence-corrected chi connectivity index (χ4v) is 2.73. The van der Waals surface area contributed by atoms with Gasteiger partial charge in [-0.3, -0.25) is 4.79 Å². The number of amides is 1. The molecule has 1 atom stereocenters. The first-order valence-corrected chi connectivity index (χ1v) is 9.94. The summed E-state index contributed by atoms with van der Waals surface area (Å²) >= 11 is 0. The van der Waals surface area contributed by atoms with Gasteiger partial charge in [-0.05, 0) is 44.9 Å². The normalized spacial score (nSPS) is 18.3. The first kappa shape index (κ1) is 21.5. The molecule has 6 heteroatoms. The first-order chi connectivity index (χ1) is 12.9. The summed E-state index contributed by atoms with van der Waals surface area (Å²) in [6.45, 7) is 10.0. The molecule has 1 aromatic rings. The molecule has 0 aromatic heterocycles. The van der Waals surface area contributed by atoms with Crippen molar-refractivity contribution in [1.82, 2.24) is 5.32 Å². The lowest BCUT2D eigenvalue weighted by Gasteiger charge is -2.18. The standard InChI is InChI=1S/C21H33NO5/c1-5-7-11-24-16-9-10-19(25-12-8-6-2)18(13-16)20(23)22-14-17-15-26-21(3,4)27-17/h9-10,13,17H,5-8,11-12,14-15H2,1-4H3,(H,22,23). The lowest BCUT2D eigenvalue weighted by Crippen LogP contribution is -2.34. The lowest BCUT2D eigenvalue weighted by atomic mass is 10.1. The molecule has 1 amide bonds. The van der Waals surface area contributed by atoms with Crippen LogP contribution in [0.15, 0.2) is 18.2 Å². The van der Waals surface area contributed by atoms with Crippen molar-refractivity contribution in [1.29, 1.82) is 0 Å². The number of carbonyl (C=O) groups excluding carboxylic acids is 1. The highest BCUT2D eigenvalue weighted by molar-refractivity contribution is 5.97. The monoisotopic (exact) mass is 379 g/mol. The topological polar surface area (TPSA) is 66.0 Å². The van der Waals surface area contributed by atoms with Gasteiger partial charge in [-0.2, -0.15) is 0 Å².